The molecule has 9 nitrogen and oxygen atoms in total. The van der Waals surface area contributed by atoms with E-state index < -0.39 is 0 Å². The SMILES string of the molecule is O=C(NC1CCOCC1)c1cc2ccc(-c3nccc(Nc4ccc(-c5cn[nH]c5)cc4)n3)cc2[nH]1. The Labute approximate surface area is 207 Å². The van der Waals surface area contributed by atoms with Gasteiger partial charge in [0.1, 0.15) is 11.5 Å². The van der Waals surface area contributed by atoms with Gasteiger partial charge >= 0.3 is 0 Å². The monoisotopic (exact) mass is 479 g/mol. The quantitative estimate of drug-likeness (QED) is 0.281. The first-order valence-corrected chi connectivity index (χ1v) is 11.9. The second-order valence-electron chi connectivity index (χ2n) is 8.80. The zero-order valence-corrected chi connectivity index (χ0v) is 19.5. The minimum absolute atomic E-state index is 0.0964. The van der Waals surface area contributed by atoms with Crippen molar-refractivity contribution >= 4 is 28.3 Å². The van der Waals surface area contributed by atoms with E-state index >= 15 is 0 Å². The first kappa shape index (κ1) is 22.0. The summed E-state index contributed by atoms with van der Waals surface area (Å²) >= 11 is 0. The molecule has 1 amide bonds. The molecule has 36 heavy (non-hydrogen) atoms. The van der Waals surface area contributed by atoms with Gasteiger partial charge < -0.3 is 20.4 Å². The predicted octanol–water partition coefficient (Wildman–Crippen LogP) is 4.67. The Morgan fingerprint density at radius 1 is 0.972 bits per heavy atom. The third-order valence-electron chi connectivity index (χ3n) is 6.33. The third kappa shape index (κ3) is 4.69. The molecule has 1 aliphatic heterocycles. The zero-order valence-electron chi connectivity index (χ0n) is 19.5. The van der Waals surface area contributed by atoms with Crippen LogP contribution >= 0.6 is 0 Å². The Kier molecular flexibility index (Phi) is 5.88. The molecular weight excluding hydrogens is 454 g/mol. The fraction of sp³-hybridized carbons (Fsp3) is 0.185. The molecule has 9 heteroatoms. The second-order valence-corrected chi connectivity index (χ2v) is 8.80. The van der Waals surface area contributed by atoms with Crippen LogP contribution in [0.1, 0.15) is 23.3 Å². The second kappa shape index (κ2) is 9.63. The maximum absolute atomic E-state index is 12.7. The first-order chi connectivity index (χ1) is 17.7. The van der Waals surface area contributed by atoms with Crippen LogP contribution in [-0.2, 0) is 4.74 Å². The summed E-state index contributed by atoms with van der Waals surface area (Å²) in [4.78, 5) is 25.1. The molecular formula is C27H25N7O2. The average molecular weight is 480 g/mol. The van der Waals surface area contributed by atoms with Gasteiger partial charge in [-0.05, 0) is 48.7 Å². The number of hydrogen-bond acceptors (Lipinski definition) is 6. The van der Waals surface area contributed by atoms with E-state index in [1.54, 1.807) is 12.4 Å². The molecule has 0 unspecified atom stereocenters. The molecule has 1 aliphatic rings. The zero-order chi connectivity index (χ0) is 24.3. The van der Waals surface area contributed by atoms with Crippen molar-refractivity contribution < 1.29 is 9.53 Å². The average Bonchev–Trinajstić information content (AvgIpc) is 3.60. The smallest absolute Gasteiger partial charge is 0.267 e. The molecule has 1 fully saturated rings. The van der Waals surface area contributed by atoms with Crippen molar-refractivity contribution in [3.05, 3.63) is 78.9 Å². The number of nitrogens with one attached hydrogen (secondary N) is 4. The van der Waals surface area contributed by atoms with Gasteiger partial charge in [0, 0.05) is 59.4 Å². The molecule has 6 rings (SSSR count). The topological polar surface area (TPSA) is 121 Å². The molecule has 1 saturated heterocycles. The van der Waals surface area contributed by atoms with Gasteiger partial charge in [-0.25, -0.2) is 9.97 Å². The number of nitrogens with zero attached hydrogens (tertiary/aromatic N) is 3. The summed E-state index contributed by atoms with van der Waals surface area (Å²) in [5, 5.41) is 14.2. The van der Waals surface area contributed by atoms with Crippen LogP contribution in [-0.4, -0.2) is 50.3 Å². The summed E-state index contributed by atoms with van der Waals surface area (Å²) < 4.78 is 5.37. The molecule has 0 saturated carbocycles. The van der Waals surface area contributed by atoms with Crippen molar-refractivity contribution in [3.63, 3.8) is 0 Å². The molecule has 4 heterocycles. The molecule has 5 aromatic rings. The van der Waals surface area contributed by atoms with Gasteiger partial charge in [-0.3, -0.25) is 9.89 Å². The van der Waals surface area contributed by atoms with Crippen LogP contribution in [0, 0.1) is 0 Å². The minimum atomic E-state index is -0.0964. The highest BCUT2D eigenvalue weighted by Gasteiger charge is 2.18. The number of amides is 1. The van der Waals surface area contributed by atoms with Gasteiger partial charge in [0.15, 0.2) is 5.82 Å². The fourth-order valence-corrected chi connectivity index (χ4v) is 4.36. The van der Waals surface area contributed by atoms with E-state index in [4.69, 9.17) is 9.72 Å². The van der Waals surface area contributed by atoms with Crippen molar-refractivity contribution in [2.24, 2.45) is 0 Å². The van der Waals surface area contributed by atoms with Gasteiger partial charge in [0.2, 0.25) is 0 Å². The standard InChI is InChI=1S/C27H25N7O2/c35-27(32-22-8-11-36-12-9-22)24-13-18-1-2-19(14-23(18)33-24)26-28-10-7-25(34-26)31-21-5-3-17(4-6-21)20-15-29-30-16-20/h1-7,10,13-16,22,33H,8-9,11-12H2,(H,29,30)(H,32,35)(H,28,31,34). The summed E-state index contributed by atoms with van der Waals surface area (Å²) in [5.41, 5.74) is 5.31. The van der Waals surface area contributed by atoms with E-state index in [-0.39, 0.29) is 11.9 Å². The number of hydrogen-bond donors (Lipinski definition) is 4. The number of carbonyl (C=O) groups is 1. The summed E-state index contributed by atoms with van der Waals surface area (Å²) in [6.07, 6.45) is 7.07. The molecule has 0 aliphatic carbocycles. The number of rotatable bonds is 6. The highest BCUT2D eigenvalue weighted by atomic mass is 16.5. The molecule has 0 radical (unpaired) electrons. The van der Waals surface area contributed by atoms with Crippen LogP contribution in [0.3, 0.4) is 0 Å². The summed E-state index contributed by atoms with van der Waals surface area (Å²) in [5.74, 6) is 1.19. The van der Waals surface area contributed by atoms with Gasteiger partial charge in [-0.15, -0.1) is 0 Å². The number of aromatic nitrogens is 5. The molecule has 0 bridgehead atoms. The third-order valence-corrected chi connectivity index (χ3v) is 6.33. The van der Waals surface area contributed by atoms with Crippen LogP contribution in [0.25, 0.3) is 33.4 Å². The Balaban J connectivity index is 1.18. The number of anilines is 2. The lowest BCUT2D eigenvalue weighted by Gasteiger charge is -2.22. The Hall–Kier alpha value is -4.50. The number of carbonyl (C=O) groups excluding carboxylic acids is 1. The van der Waals surface area contributed by atoms with Crippen molar-refractivity contribution in [2.45, 2.75) is 18.9 Å². The van der Waals surface area contributed by atoms with Gasteiger partial charge in [0.05, 0.1) is 6.20 Å². The largest absolute Gasteiger partial charge is 0.381 e. The maximum Gasteiger partial charge on any atom is 0.267 e. The highest BCUT2D eigenvalue weighted by Crippen LogP contribution is 2.25. The fourth-order valence-electron chi connectivity index (χ4n) is 4.36. The normalized spacial score (nSPS) is 14.1. The lowest BCUT2D eigenvalue weighted by Crippen LogP contribution is -2.39. The molecule has 0 atom stereocenters. The van der Waals surface area contributed by atoms with E-state index in [0.717, 1.165) is 46.1 Å². The molecule has 2 aromatic carbocycles. The molecule has 0 spiro atoms. The number of ether oxygens (including phenoxy) is 1. The van der Waals surface area contributed by atoms with Crippen molar-refractivity contribution in [2.75, 3.05) is 18.5 Å². The Morgan fingerprint density at radius 3 is 2.61 bits per heavy atom. The van der Waals surface area contributed by atoms with Crippen LogP contribution < -0.4 is 10.6 Å². The van der Waals surface area contributed by atoms with Gasteiger partial charge in [-0.1, -0.05) is 24.3 Å². The highest BCUT2D eigenvalue weighted by molar-refractivity contribution is 5.98. The minimum Gasteiger partial charge on any atom is -0.381 e. The van der Waals surface area contributed by atoms with Crippen molar-refractivity contribution in [1.82, 2.24) is 30.5 Å². The summed E-state index contributed by atoms with van der Waals surface area (Å²) in [7, 11) is 0. The van der Waals surface area contributed by atoms with Crippen molar-refractivity contribution in [3.8, 4) is 22.5 Å². The number of benzene rings is 2. The van der Waals surface area contributed by atoms with E-state index in [0.29, 0.717) is 30.5 Å². The lowest BCUT2D eigenvalue weighted by atomic mass is 10.1. The number of fused-ring (bicyclic) bond motifs is 1. The van der Waals surface area contributed by atoms with E-state index in [9.17, 15) is 4.79 Å². The van der Waals surface area contributed by atoms with E-state index in [1.165, 1.54) is 0 Å². The van der Waals surface area contributed by atoms with Crippen LogP contribution in [0.2, 0.25) is 0 Å². The van der Waals surface area contributed by atoms with Gasteiger partial charge in [0.25, 0.3) is 5.91 Å². The van der Waals surface area contributed by atoms with Crippen LogP contribution in [0.4, 0.5) is 11.5 Å². The molecule has 4 N–H and O–H groups in total. The Morgan fingerprint density at radius 2 is 1.81 bits per heavy atom. The first-order valence-electron chi connectivity index (χ1n) is 11.9. The van der Waals surface area contributed by atoms with Crippen molar-refractivity contribution in [1.29, 1.82) is 0 Å². The van der Waals surface area contributed by atoms with Gasteiger partial charge in [-0.2, -0.15) is 5.10 Å². The lowest BCUT2D eigenvalue weighted by molar-refractivity contribution is 0.0694. The number of aromatic amines is 2. The molecule has 3 aromatic heterocycles. The summed E-state index contributed by atoms with van der Waals surface area (Å²) in [6, 6.07) is 17.8. The van der Waals surface area contributed by atoms with E-state index in [2.05, 4.69) is 30.8 Å². The Bertz CT molecular complexity index is 1490. The number of H-pyrrole nitrogens is 2. The van der Waals surface area contributed by atoms with Crippen LogP contribution in [0.5, 0.6) is 0 Å². The predicted molar refractivity (Wildman–Crippen MR) is 138 cm³/mol. The maximum atomic E-state index is 12.7. The summed E-state index contributed by atoms with van der Waals surface area (Å²) in [6.45, 7) is 1.37. The van der Waals surface area contributed by atoms with Crippen LogP contribution in [0.15, 0.2) is 73.2 Å². The van der Waals surface area contributed by atoms with E-state index in [1.807, 2.05) is 60.8 Å². The molecule has 180 valence electrons.